The van der Waals surface area contributed by atoms with E-state index in [0.29, 0.717) is 12.8 Å². The molecule has 0 spiro atoms. The summed E-state index contributed by atoms with van der Waals surface area (Å²) in [6.45, 7) is 0.738. The Hall–Kier alpha value is -0.580. The number of carbonyl (C=O) groups is 1. The Bertz CT molecular complexity index is 284. The maximum atomic E-state index is 11.1. The number of sulfone groups is 1. The van der Waals surface area contributed by atoms with Gasteiger partial charge in [-0.05, 0) is 19.3 Å². The number of hydrogen-bond donors (Lipinski definition) is 1. The molecular formula is C8H15NO3S. The molecule has 0 bridgehead atoms. The van der Waals surface area contributed by atoms with Crippen LogP contribution < -0.4 is 5.32 Å². The molecule has 0 aromatic rings. The average Bonchev–Trinajstić information content (AvgIpc) is 2.34. The Morgan fingerprint density at radius 2 is 2.23 bits per heavy atom. The lowest BCUT2D eigenvalue weighted by atomic mass is 10.0. The molecule has 0 saturated carbocycles. The number of rotatable bonds is 4. The first-order chi connectivity index (χ1) is 5.99. The molecule has 1 atom stereocenters. The first-order valence-corrected chi connectivity index (χ1v) is 6.50. The minimum absolute atomic E-state index is 0.0433. The lowest BCUT2D eigenvalue weighted by Crippen LogP contribution is -2.19. The van der Waals surface area contributed by atoms with Gasteiger partial charge in [0.2, 0.25) is 5.91 Å². The van der Waals surface area contributed by atoms with Crippen molar-refractivity contribution < 1.29 is 13.2 Å². The molecule has 1 fully saturated rings. The fourth-order valence-corrected chi connectivity index (χ4v) is 2.20. The summed E-state index contributed by atoms with van der Waals surface area (Å²) >= 11 is 0. The predicted molar refractivity (Wildman–Crippen MR) is 50.1 cm³/mol. The molecule has 0 radical (unpaired) electrons. The number of nitrogens with one attached hydrogen (secondary N) is 1. The van der Waals surface area contributed by atoms with Crippen molar-refractivity contribution in [3.05, 3.63) is 0 Å². The first kappa shape index (κ1) is 10.5. The van der Waals surface area contributed by atoms with Crippen molar-refractivity contribution in [1.29, 1.82) is 0 Å². The lowest BCUT2D eigenvalue weighted by molar-refractivity contribution is -0.122. The molecule has 0 aromatic heterocycles. The third-order valence-electron chi connectivity index (χ3n) is 2.23. The van der Waals surface area contributed by atoms with Crippen LogP contribution >= 0.6 is 0 Å². The molecule has 1 saturated heterocycles. The highest BCUT2D eigenvalue weighted by atomic mass is 32.2. The van der Waals surface area contributed by atoms with Crippen molar-refractivity contribution >= 4 is 15.7 Å². The molecule has 5 heteroatoms. The second-order valence-electron chi connectivity index (χ2n) is 3.55. The van der Waals surface area contributed by atoms with E-state index in [9.17, 15) is 13.2 Å². The zero-order valence-corrected chi connectivity index (χ0v) is 8.56. The van der Waals surface area contributed by atoms with Crippen molar-refractivity contribution in [3.8, 4) is 0 Å². The fourth-order valence-electron chi connectivity index (χ4n) is 1.51. The van der Waals surface area contributed by atoms with Gasteiger partial charge in [-0.2, -0.15) is 0 Å². The monoisotopic (exact) mass is 205 g/mol. The molecule has 1 unspecified atom stereocenters. The van der Waals surface area contributed by atoms with Crippen molar-refractivity contribution in [2.75, 3.05) is 18.6 Å². The van der Waals surface area contributed by atoms with Gasteiger partial charge in [0.15, 0.2) is 0 Å². The van der Waals surface area contributed by atoms with E-state index in [-0.39, 0.29) is 17.6 Å². The van der Waals surface area contributed by atoms with E-state index in [1.165, 1.54) is 6.26 Å². The lowest BCUT2D eigenvalue weighted by Gasteiger charge is -2.04. The quantitative estimate of drug-likeness (QED) is 0.699. The maximum absolute atomic E-state index is 11.1. The van der Waals surface area contributed by atoms with E-state index in [1.807, 2.05) is 0 Å². The van der Waals surface area contributed by atoms with Crippen LogP contribution in [0.1, 0.15) is 19.3 Å². The summed E-state index contributed by atoms with van der Waals surface area (Å²) in [6.07, 6.45) is 3.36. The van der Waals surface area contributed by atoms with E-state index in [2.05, 4.69) is 5.32 Å². The van der Waals surface area contributed by atoms with Crippen molar-refractivity contribution in [2.24, 2.45) is 5.92 Å². The normalized spacial score (nSPS) is 23.2. The van der Waals surface area contributed by atoms with Crippen LogP contribution in [0.25, 0.3) is 0 Å². The Morgan fingerprint density at radius 3 is 2.69 bits per heavy atom. The molecule has 1 aliphatic heterocycles. The van der Waals surface area contributed by atoms with Gasteiger partial charge in [-0.25, -0.2) is 8.42 Å². The van der Waals surface area contributed by atoms with Crippen LogP contribution in [-0.2, 0) is 14.6 Å². The van der Waals surface area contributed by atoms with Crippen LogP contribution in [-0.4, -0.2) is 32.9 Å². The summed E-state index contributed by atoms with van der Waals surface area (Å²) in [6, 6.07) is 0. The number of amides is 1. The SMILES string of the molecule is CS(=O)(=O)CCCC1CCNC1=O. The number of hydrogen-bond acceptors (Lipinski definition) is 3. The summed E-state index contributed by atoms with van der Waals surface area (Å²) in [5.41, 5.74) is 0. The van der Waals surface area contributed by atoms with Gasteiger partial charge in [0, 0.05) is 24.5 Å². The maximum Gasteiger partial charge on any atom is 0.223 e. The molecule has 1 aliphatic rings. The Labute approximate surface area is 78.6 Å². The summed E-state index contributed by atoms with van der Waals surface area (Å²) in [5.74, 6) is 0.312. The summed E-state index contributed by atoms with van der Waals surface area (Å²) in [7, 11) is -2.87. The Kier molecular flexibility index (Phi) is 3.30. The molecule has 76 valence electrons. The van der Waals surface area contributed by atoms with E-state index in [0.717, 1.165) is 13.0 Å². The molecule has 4 nitrogen and oxygen atoms in total. The zero-order chi connectivity index (χ0) is 9.90. The van der Waals surface area contributed by atoms with Crippen molar-refractivity contribution in [3.63, 3.8) is 0 Å². The van der Waals surface area contributed by atoms with Crippen LogP contribution in [0.4, 0.5) is 0 Å². The highest BCUT2D eigenvalue weighted by Gasteiger charge is 2.23. The summed E-state index contributed by atoms with van der Waals surface area (Å²) < 4.78 is 21.6. The third-order valence-corrected chi connectivity index (χ3v) is 3.26. The second kappa shape index (κ2) is 4.09. The number of carbonyl (C=O) groups excluding carboxylic acids is 1. The third kappa shape index (κ3) is 3.76. The van der Waals surface area contributed by atoms with Gasteiger partial charge >= 0.3 is 0 Å². The van der Waals surface area contributed by atoms with Crippen LogP contribution in [0.15, 0.2) is 0 Å². The van der Waals surface area contributed by atoms with Gasteiger partial charge in [-0.15, -0.1) is 0 Å². The summed E-state index contributed by atoms with van der Waals surface area (Å²) in [5, 5.41) is 2.73. The molecule has 1 heterocycles. The molecular weight excluding hydrogens is 190 g/mol. The first-order valence-electron chi connectivity index (χ1n) is 4.44. The largest absolute Gasteiger partial charge is 0.356 e. The van der Waals surface area contributed by atoms with Crippen molar-refractivity contribution in [2.45, 2.75) is 19.3 Å². The standard InChI is InChI=1S/C8H15NO3S/c1-13(11,12)6-2-3-7-4-5-9-8(7)10/h7H,2-6H2,1H3,(H,9,10). The average molecular weight is 205 g/mol. The van der Waals surface area contributed by atoms with Gasteiger partial charge < -0.3 is 5.32 Å². The van der Waals surface area contributed by atoms with Gasteiger partial charge in [0.05, 0.1) is 0 Å². The topological polar surface area (TPSA) is 63.2 Å². The van der Waals surface area contributed by atoms with Gasteiger partial charge in [-0.3, -0.25) is 4.79 Å². The van der Waals surface area contributed by atoms with E-state index in [1.54, 1.807) is 0 Å². The van der Waals surface area contributed by atoms with Crippen LogP contribution in [0.3, 0.4) is 0 Å². The fraction of sp³-hybridized carbons (Fsp3) is 0.875. The minimum Gasteiger partial charge on any atom is -0.356 e. The Morgan fingerprint density at radius 1 is 1.54 bits per heavy atom. The molecule has 0 aromatic carbocycles. The molecule has 13 heavy (non-hydrogen) atoms. The van der Waals surface area contributed by atoms with E-state index >= 15 is 0 Å². The minimum atomic E-state index is -2.87. The van der Waals surface area contributed by atoms with Crippen LogP contribution in [0.5, 0.6) is 0 Å². The predicted octanol–water partition coefficient (Wildman–Crippen LogP) is -0.0527. The smallest absolute Gasteiger partial charge is 0.223 e. The van der Waals surface area contributed by atoms with Crippen LogP contribution in [0, 0.1) is 5.92 Å². The van der Waals surface area contributed by atoms with Gasteiger partial charge in [0.25, 0.3) is 0 Å². The van der Waals surface area contributed by atoms with Gasteiger partial charge in [-0.1, -0.05) is 0 Å². The second-order valence-corrected chi connectivity index (χ2v) is 5.81. The summed E-state index contributed by atoms with van der Waals surface area (Å²) in [4.78, 5) is 11.1. The van der Waals surface area contributed by atoms with Crippen LogP contribution in [0.2, 0.25) is 0 Å². The van der Waals surface area contributed by atoms with E-state index in [4.69, 9.17) is 0 Å². The zero-order valence-electron chi connectivity index (χ0n) is 7.75. The highest BCUT2D eigenvalue weighted by Crippen LogP contribution is 2.15. The molecule has 1 N–H and O–H groups in total. The van der Waals surface area contributed by atoms with Crippen molar-refractivity contribution in [1.82, 2.24) is 5.32 Å². The van der Waals surface area contributed by atoms with Gasteiger partial charge in [0.1, 0.15) is 9.84 Å². The van der Waals surface area contributed by atoms with E-state index < -0.39 is 9.84 Å². The molecule has 1 rings (SSSR count). The molecule has 1 amide bonds. The highest BCUT2D eigenvalue weighted by molar-refractivity contribution is 7.90. The molecule has 0 aliphatic carbocycles. The Balaban J connectivity index is 2.23.